The highest BCUT2D eigenvalue weighted by Crippen LogP contribution is 2.33. The number of likely N-dealkylation sites (tertiary alicyclic amines) is 1. The molecule has 4 rings (SSSR count). The monoisotopic (exact) mass is 417 g/mol. The highest BCUT2D eigenvalue weighted by molar-refractivity contribution is 5.78. The summed E-state index contributed by atoms with van der Waals surface area (Å²) in [6.07, 6.45) is -1.49. The lowest BCUT2D eigenvalue weighted by molar-refractivity contribution is -0.137. The van der Waals surface area contributed by atoms with Crippen molar-refractivity contribution < 1.29 is 18.0 Å². The largest absolute Gasteiger partial charge is 0.416 e. The lowest BCUT2D eigenvalue weighted by Gasteiger charge is -2.43. The van der Waals surface area contributed by atoms with Gasteiger partial charge in [-0.05, 0) is 48.6 Å². The second-order valence-corrected chi connectivity index (χ2v) is 8.31. The van der Waals surface area contributed by atoms with Crippen LogP contribution in [-0.2, 0) is 23.9 Å². The molecule has 160 valence electrons. The molecule has 30 heavy (non-hydrogen) atoms. The normalized spacial score (nSPS) is 19.8. The number of amides is 1. The van der Waals surface area contributed by atoms with Crippen molar-refractivity contribution in [2.75, 3.05) is 25.0 Å². The van der Waals surface area contributed by atoms with Crippen LogP contribution in [0, 0.1) is 0 Å². The van der Waals surface area contributed by atoms with Gasteiger partial charge in [0.2, 0.25) is 5.91 Å². The van der Waals surface area contributed by atoms with Crippen LogP contribution in [0.25, 0.3) is 0 Å². The zero-order valence-electron chi connectivity index (χ0n) is 16.8. The fourth-order valence-corrected chi connectivity index (χ4v) is 4.39. The van der Waals surface area contributed by atoms with E-state index >= 15 is 0 Å². The van der Waals surface area contributed by atoms with E-state index in [-0.39, 0.29) is 11.4 Å². The molecule has 2 aliphatic heterocycles. The first-order valence-corrected chi connectivity index (χ1v) is 10.3. The first kappa shape index (κ1) is 20.7. The van der Waals surface area contributed by atoms with Crippen molar-refractivity contribution in [3.63, 3.8) is 0 Å². The highest BCUT2D eigenvalue weighted by Gasteiger charge is 2.37. The number of piperidine rings is 1. The van der Waals surface area contributed by atoms with Gasteiger partial charge in [0.1, 0.15) is 0 Å². The lowest BCUT2D eigenvalue weighted by atomic mass is 9.83. The van der Waals surface area contributed by atoms with Gasteiger partial charge in [-0.15, -0.1) is 0 Å². The number of nitrogens with zero attached hydrogens (tertiary/aromatic N) is 1. The Morgan fingerprint density at radius 3 is 2.40 bits per heavy atom. The fourth-order valence-electron chi connectivity index (χ4n) is 4.39. The van der Waals surface area contributed by atoms with Crippen molar-refractivity contribution in [2.24, 2.45) is 0 Å². The van der Waals surface area contributed by atoms with Gasteiger partial charge >= 0.3 is 6.18 Å². The molecule has 1 amide bonds. The van der Waals surface area contributed by atoms with Crippen LogP contribution in [0.5, 0.6) is 0 Å². The molecule has 2 N–H and O–H groups in total. The molecule has 0 aromatic heterocycles. The molecule has 1 saturated heterocycles. The first-order valence-electron chi connectivity index (χ1n) is 10.3. The molecule has 2 heterocycles. The van der Waals surface area contributed by atoms with Gasteiger partial charge in [0, 0.05) is 43.8 Å². The van der Waals surface area contributed by atoms with Gasteiger partial charge in [0.05, 0.1) is 5.56 Å². The summed E-state index contributed by atoms with van der Waals surface area (Å²) in [6.45, 7) is 2.80. The minimum atomic E-state index is -4.31. The molecule has 2 aromatic rings. The molecule has 7 heteroatoms. The van der Waals surface area contributed by atoms with Crippen LogP contribution >= 0.6 is 0 Å². The third kappa shape index (κ3) is 4.78. The Morgan fingerprint density at radius 2 is 1.70 bits per heavy atom. The summed E-state index contributed by atoms with van der Waals surface area (Å²) in [5.41, 5.74) is 2.23. The van der Waals surface area contributed by atoms with Crippen LogP contribution in [0.1, 0.15) is 36.0 Å². The number of carbonyl (C=O) groups excluding carboxylic acids is 1. The Kier molecular flexibility index (Phi) is 5.73. The molecule has 1 fully saturated rings. The van der Waals surface area contributed by atoms with Crippen molar-refractivity contribution in [1.29, 1.82) is 0 Å². The van der Waals surface area contributed by atoms with Crippen LogP contribution in [0.2, 0.25) is 0 Å². The maximum absolute atomic E-state index is 12.8. The molecule has 0 radical (unpaired) electrons. The second kappa shape index (κ2) is 8.30. The second-order valence-electron chi connectivity index (χ2n) is 8.31. The summed E-state index contributed by atoms with van der Waals surface area (Å²) in [7, 11) is 0. The molecule has 0 unspecified atom stereocenters. The van der Waals surface area contributed by atoms with Crippen LogP contribution in [0.4, 0.5) is 18.9 Å². The number of hydrogen-bond donors (Lipinski definition) is 2. The molecule has 0 saturated carbocycles. The first-order chi connectivity index (χ1) is 14.3. The smallest absolute Gasteiger partial charge is 0.379 e. The van der Waals surface area contributed by atoms with E-state index in [0.29, 0.717) is 19.5 Å². The molecule has 0 atom stereocenters. The number of anilines is 1. The van der Waals surface area contributed by atoms with E-state index in [2.05, 4.69) is 27.7 Å². The minimum Gasteiger partial charge on any atom is -0.379 e. The Morgan fingerprint density at radius 1 is 1.00 bits per heavy atom. The van der Waals surface area contributed by atoms with E-state index in [4.69, 9.17) is 0 Å². The summed E-state index contributed by atoms with van der Waals surface area (Å²) in [5, 5.41) is 6.70. The maximum atomic E-state index is 12.8. The zero-order valence-corrected chi connectivity index (χ0v) is 16.8. The molecule has 2 aromatic carbocycles. The third-order valence-corrected chi connectivity index (χ3v) is 6.13. The van der Waals surface area contributed by atoms with E-state index in [1.165, 1.54) is 5.56 Å². The van der Waals surface area contributed by atoms with Crippen LogP contribution in [-0.4, -0.2) is 36.0 Å². The average Bonchev–Trinajstić information content (AvgIpc) is 2.77. The average molecular weight is 417 g/mol. The van der Waals surface area contributed by atoms with E-state index in [0.717, 1.165) is 55.7 Å². The number of para-hydroxylation sites is 1. The van der Waals surface area contributed by atoms with E-state index < -0.39 is 11.7 Å². The van der Waals surface area contributed by atoms with Gasteiger partial charge in [0.25, 0.3) is 0 Å². The van der Waals surface area contributed by atoms with Crippen molar-refractivity contribution >= 4 is 11.6 Å². The fraction of sp³-hybridized carbons (Fsp3) is 0.435. The number of rotatable bonds is 2. The quantitative estimate of drug-likeness (QED) is 0.769. The lowest BCUT2D eigenvalue weighted by Crippen LogP contribution is -2.51. The number of nitrogens with one attached hydrogen (secondary N) is 2. The van der Waals surface area contributed by atoms with E-state index in [1.54, 1.807) is 12.1 Å². The molecule has 0 aliphatic carbocycles. The Bertz CT molecular complexity index is 887. The standard InChI is InChI=1S/C23H26F3N3O/c24-23(25,26)19-7-5-17(6-8-19)16-29-13-10-22(11-14-29)15-21(30)27-12-9-18-3-1-2-4-20(18)28-22/h1-8,28H,9-16H2,(H,27,30). The maximum Gasteiger partial charge on any atom is 0.416 e. The van der Waals surface area contributed by atoms with Crippen molar-refractivity contribution in [3.8, 4) is 0 Å². The predicted octanol–water partition coefficient (Wildman–Crippen LogP) is 4.21. The molecule has 1 spiro atoms. The van der Waals surface area contributed by atoms with Gasteiger partial charge < -0.3 is 10.6 Å². The summed E-state index contributed by atoms with van der Waals surface area (Å²) < 4.78 is 38.3. The minimum absolute atomic E-state index is 0.0616. The van der Waals surface area contributed by atoms with Crippen LogP contribution in [0.3, 0.4) is 0 Å². The third-order valence-electron chi connectivity index (χ3n) is 6.13. The summed E-state index contributed by atoms with van der Waals surface area (Å²) >= 11 is 0. The molecule has 4 nitrogen and oxygen atoms in total. The van der Waals surface area contributed by atoms with Gasteiger partial charge in [-0.1, -0.05) is 30.3 Å². The van der Waals surface area contributed by atoms with Gasteiger partial charge in [-0.2, -0.15) is 13.2 Å². The number of hydrogen-bond acceptors (Lipinski definition) is 3. The Hall–Kier alpha value is -2.54. The highest BCUT2D eigenvalue weighted by atomic mass is 19.4. The zero-order chi connectivity index (χ0) is 21.2. The number of halogens is 3. The van der Waals surface area contributed by atoms with E-state index in [9.17, 15) is 18.0 Å². The number of fused-ring (bicyclic) bond motifs is 1. The van der Waals surface area contributed by atoms with Crippen molar-refractivity contribution in [3.05, 3.63) is 65.2 Å². The summed E-state index contributed by atoms with van der Waals surface area (Å²) in [6, 6.07) is 13.6. The van der Waals surface area contributed by atoms with Gasteiger partial charge in [0.15, 0.2) is 0 Å². The van der Waals surface area contributed by atoms with Gasteiger partial charge in [-0.3, -0.25) is 9.69 Å². The van der Waals surface area contributed by atoms with Crippen molar-refractivity contribution in [1.82, 2.24) is 10.2 Å². The van der Waals surface area contributed by atoms with Gasteiger partial charge in [-0.25, -0.2) is 0 Å². The Balaban J connectivity index is 1.43. The Labute approximate surface area is 174 Å². The van der Waals surface area contributed by atoms with Crippen LogP contribution in [0.15, 0.2) is 48.5 Å². The van der Waals surface area contributed by atoms with Crippen LogP contribution < -0.4 is 10.6 Å². The molecule has 0 bridgehead atoms. The number of benzene rings is 2. The molecule has 2 aliphatic rings. The predicted molar refractivity (Wildman–Crippen MR) is 110 cm³/mol. The summed E-state index contributed by atoms with van der Waals surface area (Å²) in [5.74, 6) is 0.0616. The SMILES string of the molecule is O=C1CC2(CCN(Cc3ccc(C(F)(F)F)cc3)CC2)Nc2ccccc2CCN1. The van der Waals surface area contributed by atoms with Crippen molar-refractivity contribution in [2.45, 2.75) is 43.9 Å². The molecular formula is C23H26F3N3O. The number of carbonyl (C=O) groups is 1. The molecular weight excluding hydrogens is 391 g/mol. The topological polar surface area (TPSA) is 44.4 Å². The van der Waals surface area contributed by atoms with E-state index in [1.807, 2.05) is 12.1 Å². The number of alkyl halides is 3. The summed E-state index contributed by atoms with van der Waals surface area (Å²) in [4.78, 5) is 14.7.